The summed E-state index contributed by atoms with van der Waals surface area (Å²) in [5.41, 5.74) is 24.0. The van der Waals surface area contributed by atoms with E-state index in [0.717, 1.165) is 95.4 Å². The second-order valence-electron chi connectivity index (χ2n) is 23.9. The van der Waals surface area contributed by atoms with Crippen LogP contribution in [0, 0.1) is 6.92 Å². The van der Waals surface area contributed by atoms with Crippen molar-refractivity contribution in [1.82, 2.24) is 0 Å². The van der Waals surface area contributed by atoms with Crippen molar-refractivity contribution in [3.63, 3.8) is 0 Å². The standard InChI is InChI=1S/C68H61BN2O3/c1-41-33-58-63-59(34-41)71(51-27-25-50(26-28-51)68(8,9)10)64-56(31-32-61-65(64)73-40-72-61)69(63)55-30-20-44(45-19-29-54-53-13-11-12-14-60(53)74-62(54)39-45)38-57(55)70(58)52-36-46(42-15-21-48(22-16-42)66(2,3)4)35-47(37-52)43-17-23-49(24-18-43)67(5,6)7/h11-39H,40H2,1-10H3. The van der Waals surface area contributed by atoms with Gasteiger partial charge in [-0.05, 0) is 168 Å². The van der Waals surface area contributed by atoms with Crippen LogP contribution < -0.4 is 35.7 Å². The highest BCUT2D eigenvalue weighted by molar-refractivity contribution is 7.00. The van der Waals surface area contributed by atoms with Gasteiger partial charge < -0.3 is 23.7 Å². The van der Waals surface area contributed by atoms with Gasteiger partial charge in [0.25, 0.3) is 6.71 Å². The molecule has 0 N–H and O–H groups in total. The van der Waals surface area contributed by atoms with E-state index in [0.29, 0.717) is 0 Å². The van der Waals surface area contributed by atoms with Gasteiger partial charge in [-0.15, -0.1) is 0 Å². The number of ether oxygens (including phenoxy) is 2. The summed E-state index contributed by atoms with van der Waals surface area (Å²) in [6, 6.07) is 66.0. The number of para-hydroxylation sites is 1. The molecule has 364 valence electrons. The van der Waals surface area contributed by atoms with E-state index in [2.05, 4.69) is 249 Å². The van der Waals surface area contributed by atoms with Crippen molar-refractivity contribution >= 4 is 79.2 Å². The van der Waals surface area contributed by atoms with E-state index in [-0.39, 0.29) is 29.8 Å². The Hall–Kier alpha value is -7.96. The lowest BCUT2D eigenvalue weighted by Crippen LogP contribution is -2.61. The number of aryl methyl sites for hydroxylation is 1. The zero-order chi connectivity index (χ0) is 51.0. The highest BCUT2D eigenvalue weighted by Crippen LogP contribution is 2.52. The largest absolute Gasteiger partial charge is 0.456 e. The first-order chi connectivity index (χ1) is 35.5. The average Bonchev–Trinajstić information content (AvgIpc) is 4.04. The van der Waals surface area contributed by atoms with Gasteiger partial charge in [-0.3, -0.25) is 0 Å². The molecule has 0 aliphatic carbocycles. The summed E-state index contributed by atoms with van der Waals surface area (Å²) in [5.74, 6) is 1.55. The Bertz CT molecular complexity index is 3810. The Morgan fingerprint density at radius 1 is 0.419 bits per heavy atom. The smallest absolute Gasteiger partial charge is 0.252 e. The van der Waals surface area contributed by atoms with Gasteiger partial charge in [-0.2, -0.15) is 0 Å². The van der Waals surface area contributed by atoms with Gasteiger partial charge in [-0.1, -0.05) is 165 Å². The summed E-state index contributed by atoms with van der Waals surface area (Å²) in [6.07, 6.45) is 0. The molecular formula is C68H61BN2O3. The zero-order valence-corrected chi connectivity index (χ0v) is 44.1. The molecule has 0 atom stereocenters. The van der Waals surface area contributed by atoms with Gasteiger partial charge in [0.15, 0.2) is 11.5 Å². The normalized spacial score (nSPS) is 13.9. The van der Waals surface area contributed by atoms with Crippen LogP contribution in [0.3, 0.4) is 0 Å². The number of benzene rings is 9. The summed E-state index contributed by atoms with van der Waals surface area (Å²) in [5, 5.41) is 2.24. The monoisotopic (exact) mass is 964 g/mol. The van der Waals surface area contributed by atoms with Gasteiger partial charge >= 0.3 is 0 Å². The quantitative estimate of drug-likeness (QED) is 0.161. The number of rotatable bonds is 5. The Labute approximate surface area is 436 Å². The maximum absolute atomic E-state index is 6.50. The van der Waals surface area contributed by atoms with E-state index >= 15 is 0 Å². The topological polar surface area (TPSA) is 38.1 Å². The second-order valence-corrected chi connectivity index (χ2v) is 23.9. The molecule has 5 nitrogen and oxygen atoms in total. The van der Waals surface area contributed by atoms with E-state index in [1.165, 1.54) is 44.2 Å². The lowest BCUT2D eigenvalue weighted by Gasteiger charge is -2.44. The molecule has 0 spiro atoms. The SMILES string of the molecule is Cc1cc2c3c(c1)N(c1ccc(C(C)(C)C)cc1)c1c(ccc4c1OCO4)B3c1ccc(-c3ccc4c(c3)oc3ccccc34)cc1N2c1cc(-c2ccc(C(C)(C)C)cc2)cc(-c2ccc(C(C)(C)C)cc2)c1. The molecule has 0 radical (unpaired) electrons. The molecule has 0 unspecified atom stereocenters. The van der Waals surface area contributed by atoms with Crippen molar-refractivity contribution in [3.8, 4) is 44.9 Å². The summed E-state index contributed by atoms with van der Waals surface area (Å²) in [6.45, 7) is 22.8. The third-order valence-electron chi connectivity index (χ3n) is 15.8. The highest BCUT2D eigenvalue weighted by atomic mass is 16.7. The number of hydrogen-bond acceptors (Lipinski definition) is 5. The molecule has 9 aromatic carbocycles. The van der Waals surface area contributed by atoms with Crippen molar-refractivity contribution in [1.29, 1.82) is 0 Å². The van der Waals surface area contributed by atoms with E-state index in [9.17, 15) is 0 Å². The number of fused-ring (bicyclic) bond motifs is 9. The van der Waals surface area contributed by atoms with Crippen LogP contribution in [0.1, 0.15) is 84.6 Å². The lowest BCUT2D eigenvalue weighted by molar-refractivity contribution is 0.174. The molecule has 1 aromatic heterocycles. The maximum atomic E-state index is 6.50. The van der Waals surface area contributed by atoms with Crippen molar-refractivity contribution in [2.75, 3.05) is 16.6 Å². The first-order valence-electron chi connectivity index (χ1n) is 26.2. The summed E-state index contributed by atoms with van der Waals surface area (Å²) in [4.78, 5) is 4.99. The molecule has 6 heteroatoms. The predicted octanol–water partition coefficient (Wildman–Crippen LogP) is 16.6. The molecular weight excluding hydrogens is 904 g/mol. The fourth-order valence-corrected chi connectivity index (χ4v) is 11.7. The van der Waals surface area contributed by atoms with Crippen molar-refractivity contribution in [2.24, 2.45) is 0 Å². The zero-order valence-electron chi connectivity index (χ0n) is 44.1. The van der Waals surface area contributed by atoms with Gasteiger partial charge in [0.1, 0.15) is 11.2 Å². The van der Waals surface area contributed by atoms with Gasteiger partial charge in [0, 0.05) is 39.2 Å². The Morgan fingerprint density at radius 2 is 0.959 bits per heavy atom. The molecule has 0 saturated heterocycles. The lowest BCUT2D eigenvalue weighted by atomic mass is 9.33. The molecule has 3 aliphatic heterocycles. The first-order valence-corrected chi connectivity index (χ1v) is 26.2. The van der Waals surface area contributed by atoms with Gasteiger partial charge in [0.05, 0.1) is 5.69 Å². The van der Waals surface area contributed by atoms with Crippen LogP contribution in [0.15, 0.2) is 180 Å². The summed E-state index contributed by atoms with van der Waals surface area (Å²) in [7, 11) is 0. The molecule has 13 rings (SSSR count). The molecule has 0 bridgehead atoms. The van der Waals surface area contributed by atoms with E-state index < -0.39 is 0 Å². The van der Waals surface area contributed by atoms with E-state index in [1.54, 1.807) is 0 Å². The maximum Gasteiger partial charge on any atom is 0.252 e. The van der Waals surface area contributed by atoms with Crippen molar-refractivity contribution in [3.05, 3.63) is 198 Å². The number of anilines is 6. The van der Waals surface area contributed by atoms with Crippen molar-refractivity contribution in [2.45, 2.75) is 85.5 Å². The summed E-state index contributed by atoms with van der Waals surface area (Å²) < 4.78 is 19.2. The third-order valence-corrected chi connectivity index (χ3v) is 15.8. The summed E-state index contributed by atoms with van der Waals surface area (Å²) >= 11 is 0. The van der Waals surface area contributed by atoms with Crippen LogP contribution in [0.4, 0.5) is 34.1 Å². The minimum atomic E-state index is -0.120. The average molecular weight is 965 g/mol. The highest BCUT2D eigenvalue weighted by Gasteiger charge is 2.46. The molecule has 74 heavy (non-hydrogen) atoms. The van der Waals surface area contributed by atoms with Crippen LogP contribution in [-0.2, 0) is 16.2 Å². The molecule has 4 heterocycles. The van der Waals surface area contributed by atoms with Crippen LogP contribution in [0.2, 0.25) is 0 Å². The minimum absolute atomic E-state index is 0.00165. The molecule has 10 aromatic rings. The Morgan fingerprint density at radius 3 is 1.59 bits per heavy atom. The third kappa shape index (κ3) is 7.52. The van der Waals surface area contributed by atoms with Gasteiger partial charge in [0.2, 0.25) is 6.79 Å². The van der Waals surface area contributed by atoms with Crippen LogP contribution in [0.5, 0.6) is 11.5 Å². The fourth-order valence-electron chi connectivity index (χ4n) is 11.7. The van der Waals surface area contributed by atoms with Crippen molar-refractivity contribution < 1.29 is 13.9 Å². The van der Waals surface area contributed by atoms with E-state index in [1.807, 2.05) is 6.07 Å². The van der Waals surface area contributed by atoms with Gasteiger partial charge in [-0.25, -0.2) is 0 Å². The predicted molar refractivity (Wildman–Crippen MR) is 311 cm³/mol. The number of hydrogen-bond donors (Lipinski definition) is 0. The van der Waals surface area contributed by atoms with Crippen LogP contribution >= 0.6 is 0 Å². The van der Waals surface area contributed by atoms with Crippen LogP contribution in [0.25, 0.3) is 55.3 Å². The molecule has 0 fully saturated rings. The van der Waals surface area contributed by atoms with Crippen LogP contribution in [-0.4, -0.2) is 13.5 Å². The first kappa shape index (κ1) is 45.9. The molecule has 0 saturated carbocycles. The van der Waals surface area contributed by atoms with E-state index in [4.69, 9.17) is 13.9 Å². The number of furan rings is 1. The Kier molecular flexibility index (Phi) is 10.2. The fraction of sp³-hybridized carbons (Fsp3) is 0.206. The Balaban J connectivity index is 1.08. The number of nitrogens with zero attached hydrogens (tertiary/aromatic N) is 2. The minimum Gasteiger partial charge on any atom is -0.456 e. The molecule has 3 aliphatic rings. The second kappa shape index (κ2) is 16.5. The molecule has 0 amide bonds.